The molecule has 0 saturated heterocycles. The lowest BCUT2D eigenvalue weighted by Gasteiger charge is -2.28. The van der Waals surface area contributed by atoms with E-state index in [4.69, 9.17) is 10.5 Å². The minimum atomic E-state index is -0.734. The van der Waals surface area contributed by atoms with E-state index in [-0.39, 0.29) is 24.4 Å². The minimum Gasteiger partial charge on any atom is -0.469 e. The summed E-state index contributed by atoms with van der Waals surface area (Å²) in [6.45, 7) is 3.57. The molecule has 2 N–H and O–H groups in total. The quantitative estimate of drug-likeness (QED) is 0.870. The van der Waals surface area contributed by atoms with Crippen LogP contribution in [0.25, 0.3) is 0 Å². The van der Waals surface area contributed by atoms with Gasteiger partial charge in [-0.05, 0) is 31.5 Å². The maximum Gasteiger partial charge on any atom is 0.313 e. The van der Waals surface area contributed by atoms with E-state index in [9.17, 15) is 4.79 Å². The van der Waals surface area contributed by atoms with E-state index < -0.39 is 5.41 Å². The molecule has 17 heavy (non-hydrogen) atoms. The SMILES string of the molecule is COC(=O)C(C)(C)[C@@H](N)c1ccc(Br)cc1.Cl. The van der Waals surface area contributed by atoms with Gasteiger partial charge in [0.25, 0.3) is 0 Å². The van der Waals surface area contributed by atoms with Gasteiger partial charge in [-0.2, -0.15) is 0 Å². The number of nitrogens with two attached hydrogens (primary N) is 1. The van der Waals surface area contributed by atoms with Crippen LogP contribution in [0.3, 0.4) is 0 Å². The van der Waals surface area contributed by atoms with Crippen LogP contribution in [0.4, 0.5) is 0 Å². The van der Waals surface area contributed by atoms with Crippen LogP contribution in [0, 0.1) is 5.41 Å². The molecule has 1 rings (SSSR count). The van der Waals surface area contributed by atoms with Crippen molar-refractivity contribution in [3.8, 4) is 0 Å². The van der Waals surface area contributed by atoms with Crippen molar-refractivity contribution in [2.45, 2.75) is 19.9 Å². The zero-order valence-corrected chi connectivity index (χ0v) is 12.5. The Morgan fingerprint density at radius 1 is 1.35 bits per heavy atom. The summed E-state index contributed by atoms with van der Waals surface area (Å²) >= 11 is 3.36. The fraction of sp³-hybridized carbons (Fsp3) is 0.417. The van der Waals surface area contributed by atoms with E-state index >= 15 is 0 Å². The molecule has 0 bridgehead atoms. The molecule has 0 radical (unpaired) electrons. The number of methoxy groups -OCH3 is 1. The molecule has 5 heteroatoms. The lowest BCUT2D eigenvalue weighted by Crippen LogP contribution is -2.37. The lowest BCUT2D eigenvalue weighted by molar-refractivity contribution is -0.152. The summed E-state index contributed by atoms with van der Waals surface area (Å²) < 4.78 is 5.74. The third-order valence-corrected chi connectivity index (χ3v) is 3.25. The van der Waals surface area contributed by atoms with E-state index in [1.807, 2.05) is 24.3 Å². The molecular formula is C12H17BrClNO2. The second-order valence-corrected chi connectivity index (χ2v) is 5.16. The predicted octanol–water partition coefficient (Wildman–Crippen LogP) is 3.07. The molecule has 0 aliphatic carbocycles. The average molecular weight is 323 g/mol. The molecule has 1 aromatic carbocycles. The maximum atomic E-state index is 11.6. The van der Waals surface area contributed by atoms with Crippen LogP contribution in [-0.2, 0) is 9.53 Å². The Labute approximate surface area is 116 Å². The molecule has 0 spiro atoms. The lowest BCUT2D eigenvalue weighted by atomic mass is 9.81. The molecule has 0 heterocycles. The van der Waals surface area contributed by atoms with Crippen LogP contribution in [0.15, 0.2) is 28.7 Å². The molecule has 0 aromatic heterocycles. The number of carbonyl (C=O) groups is 1. The highest BCUT2D eigenvalue weighted by Crippen LogP contribution is 2.32. The Hall–Kier alpha value is -0.580. The third kappa shape index (κ3) is 3.69. The van der Waals surface area contributed by atoms with Crippen LogP contribution >= 0.6 is 28.3 Å². The zero-order valence-electron chi connectivity index (χ0n) is 10.1. The van der Waals surface area contributed by atoms with E-state index in [1.54, 1.807) is 13.8 Å². The standard InChI is InChI=1S/C12H16BrNO2.ClH/c1-12(2,11(15)16-3)10(14)8-4-6-9(13)7-5-8;/h4-7,10H,14H2,1-3H3;1H/t10-;/m0./s1. The summed E-state index contributed by atoms with van der Waals surface area (Å²) in [7, 11) is 1.37. The van der Waals surface area contributed by atoms with E-state index in [0.717, 1.165) is 10.0 Å². The van der Waals surface area contributed by atoms with Crippen molar-refractivity contribution in [2.75, 3.05) is 7.11 Å². The number of hydrogen-bond donors (Lipinski definition) is 1. The first-order valence-corrected chi connectivity index (χ1v) is 5.78. The van der Waals surface area contributed by atoms with Crippen molar-refractivity contribution in [3.63, 3.8) is 0 Å². The predicted molar refractivity (Wildman–Crippen MR) is 74.1 cm³/mol. The average Bonchev–Trinajstić information content (AvgIpc) is 2.28. The van der Waals surface area contributed by atoms with Crippen LogP contribution in [0.2, 0.25) is 0 Å². The Morgan fingerprint density at radius 2 is 1.82 bits per heavy atom. The molecule has 0 fully saturated rings. The highest BCUT2D eigenvalue weighted by Gasteiger charge is 2.36. The van der Waals surface area contributed by atoms with Crippen molar-refractivity contribution in [1.29, 1.82) is 0 Å². The van der Waals surface area contributed by atoms with Crippen LogP contribution in [-0.4, -0.2) is 13.1 Å². The second-order valence-electron chi connectivity index (χ2n) is 4.24. The van der Waals surface area contributed by atoms with Crippen molar-refractivity contribution in [3.05, 3.63) is 34.3 Å². The highest BCUT2D eigenvalue weighted by molar-refractivity contribution is 9.10. The molecule has 3 nitrogen and oxygen atoms in total. The fourth-order valence-corrected chi connectivity index (χ4v) is 1.74. The first-order valence-electron chi connectivity index (χ1n) is 4.99. The second kappa shape index (κ2) is 6.38. The number of carbonyl (C=O) groups excluding carboxylic acids is 1. The number of benzene rings is 1. The van der Waals surface area contributed by atoms with Gasteiger partial charge in [0.2, 0.25) is 0 Å². The Balaban J connectivity index is 0.00000256. The van der Waals surface area contributed by atoms with Crippen molar-refractivity contribution in [2.24, 2.45) is 11.1 Å². The first-order chi connectivity index (χ1) is 7.39. The number of rotatable bonds is 3. The number of esters is 1. The Bertz CT molecular complexity index is 379. The Morgan fingerprint density at radius 3 is 2.24 bits per heavy atom. The molecule has 0 amide bonds. The topological polar surface area (TPSA) is 52.3 Å². The smallest absolute Gasteiger partial charge is 0.313 e. The number of halogens is 2. The monoisotopic (exact) mass is 321 g/mol. The summed E-state index contributed by atoms with van der Waals surface area (Å²) in [6.07, 6.45) is 0. The summed E-state index contributed by atoms with van der Waals surface area (Å²) in [4.78, 5) is 11.6. The number of hydrogen-bond acceptors (Lipinski definition) is 3. The van der Waals surface area contributed by atoms with Gasteiger partial charge in [0.1, 0.15) is 0 Å². The van der Waals surface area contributed by atoms with Crippen molar-refractivity contribution in [1.82, 2.24) is 0 Å². The van der Waals surface area contributed by atoms with Gasteiger partial charge in [-0.3, -0.25) is 4.79 Å². The van der Waals surface area contributed by atoms with Crippen molar-refractivity contribution >= 4 is 34.3 Å². The normalized spacial score (nSPS) is 12.5. The third-order valence-electron chi connectivity index (χ3n) is 2.72. The van der Waals surface area contributed by atoms with Crippen LogP contribution in [0.5, 0.6) is 0 Å². The molecule has 96 valence electrons. The van der Waals surface area contributed by atoms with Gasteiger partial charge in [0.05, 0.1) is 12.5 Å². The van der Waals surface area contributed by atoms with E-state index in [1.165, 1.54) is 7.11 Å². The highest BCUT2D eigenvalue weighted by atomic mass is 79.9. The minimum absolute atomic E-state index is 0. The van der Waals surface area contributed by atoms with Crippen LogP contribution in [0.1, 0.15) is 25.5 Å². The van der Waals surface area contributed by atoms with Gasteiger partial charge >= 0.3 is 5.97 Å². The van der Waals surface area contributed by atoms with Gasteiger partial charge in [-0.25, -0.2) is 0 Å². The zero-order chi connectivity index (χ0) is 12.3. The van der Waals surface area contributed by atoms with E-state index in [0.29, 0.717) is 0 Å². The maximum absolute atomic E-state index is 11.6. The molecule has 0 aliphatic rings. The summed E-state index contributed by atoms with van der Waals surface area (Å²) in [5, 5.41) is 0. The molecule has 0 aliphatic heterocycles. The molecular weight excluding hydrogens is 305 g/mol. The molecule has 0 unspecified atom stereocenters. The molecule has 1 atom stereocenters. The Kier molecular flexibility index (Phi) is 6.16. The van der Waals surface area contributed by atoms with Gasteiger partial charge in [0.15, 0.2) is 0 Å². The fourth-order valence-electron chi connectivity index (χ4n) is 1.48. The summed E-state index contributed by atoms with van der Waals surface area (Å²) in [6, 6.07) is 7.23. The van der Waals surface area contributed by atoms with Gasteiger partial charge in [-0.1, -0.05) is 28.1 Å². The molecule has 0 saturated carbocycles. The van der Waals surface area contributed by atoms with Crippen molar-refractivity contribution < 1.29 is 9.53 Å². The van der Waals surface area contributed by atoms with Gasteiger partial charge in [0, 0.05) is 10.5 Å². The summed E-state index contributed by atoms with van der Waals surface area (Å²) in [5.41, 5.74) is 6.27. The molecule has 1 aromatic rings. The van der Waals surface area contributed by atoms with E-state index in [2.05, 4.69) is 15.9 Å². The number of ether oxygens (including phenoxy) is 1. The first kappa shape index (κ1) is 16.4. The van der Waals surface area contributed by atoms with Gasteiger partial charge < -0.3 is 10.5 Å². The summed E-state index contributed by atoms with van der Waals surface area (Å²) in [5.74, 6) is -0.303. The van der Waals surface area contributed by atoms with Gasteiger partial charge in [-0.15, -0.1) is 12.4 Å². The largest absolute Gasteiger partial charge is 0.469 e. The van der Waals surface area contributed by atoms with Crippen LogP contribution < -0.4 is 5.73 Å².